The highest BCUT2D eigenvalue weighted by atomic mass is 16.5. The highest BCUT2D eigenvalue weighted by molar-refractivity contribution is 5.76. The van der Waals surface area contributed by atoms with Gasteiger partial charge in [-0.15, -0.1) is 0 Å². The van der Waals surface area contributed by atoms with Gasteiger partial charge in [0.05, 0.1) is 25.4 Å². The molecule has 6 heteroatoms. The zero-order valence-corrected chi connectivity index (χ0v) is 48.4. The number of aliphatic hydroxyl groups is 2. The van der Waals surface area contributed by atoms with Crippen LogP contribution in [-0.2, 0) is 14.3 Å². The van der Waals surface area contributed by atoms with Gasteiger partial charge in [0.25, 0.3) is 0 Å². The van der Waals surface area contributed by atoms with E-state index in [2.05, 4.69) is 43.5 Å². The van der Waals surface area contributed by atoms with Gasteiger partial charge in [-0.1, -0.05) is 307 Å². The Bertz CT molecular complexity index is 1170. The fourth-order valence-corrected chi connectivity index (χ4v) is 9.96. The Balaban J connectivity index is 3.38. The molecule has 72 heavy (non-hydrogen) atoms. The molecule has 2 atom stereocenters. The number of allylic oxidation sites excluding steroid dienone is 5. The fourth-order valence-electron chi connectivity index (χ4n) is 9.96. The van der Waals surface area contributed by atoms with E-state index in [-0.39, 0.29) is 18.5 Å². The minimum Gasteiger partial charge on any atom is -0.466 e. The lowest BCUT2D eigenvalue weighted by Crippen LogP contribution is -2.45. The number of esters is 1. The molecule has 0 bridgehead atoms. The minimum atomic E-state index is -0.842. The van der Waals surface area contributed by atoms with Gasteiger partial charge < -0.3 is 20.3 Å². The number of unbranched alkanes of at least 4 members (excludes halogenated alkanes) is 45. The molecule has 3 N–H and O–H groups in total. The molecule has 0 aliphatic rings. The molecular weight excluding hydrogens is 887 g/mol. The first-order chi connectivity index (χ1) is 35.5. The maximum Gasteiger partial charge on any atom is 0.305 e. The number of carbonyl (C=O) groups excluding carboxylic acids is 2. The summed E-state index contributed by atoms with van der Waals surface area (Å²) in [4.78, 5) is 24.5. The highest BCUT2D eigenvalue weighted by Gasteiger charge is 2.18. The lowest BCUT2D eigenvalue weighted by atomic mass is 10.0. The number of nitrogens with one attached hydrogen (secondary N) is 1. The molecular formula is C66H125NO5. The van der Waals surface area contributed by atoms with E-state index in [1.54, 1.807) is 6.08 Å². The summed E-state index contributed by atoms with van der Waals surface area (Å²) in [5.41, 5.74) is 0. The number of rotatable bonds is 60. The van der Waals surface area contributed by atoms with Crippen LogP contribution >= 0.6 is 0 Å². The van der Waals surface area contributed by atoms with Gasteiger partial charge in [-0.05, 0) is 64.2 Å². The molecule has 0 spiro atoms. The summed E-state index contributed by atoms with van der Waals surface area (Å²) in [6, 6.07) is -0.625. The van der Waals surface area contributed by atoms with Crippen LogP contribution in [0.3, 0.4) is 0 Å². The first-order valence-corrected chi connectivity index (χ1v) is 32.3. The van der Waals surface area contributed by atoms with Crippen LogP contribution < -0.4 is 5.32 Å². The van der Waals surface area contributed by atoms with Gasteiger partial charge in [-0.3, -0.25) is 9.59 Å². The van der Waals surface area contributed by atoms with Crippen LogP contribution in [0.2, 0.25) is 0 Å². The topological polar surface area (TPSA) is 95.9 Å². The van der Waals surface area contributed by atoms with Gasteiger partial charge in [0.1, 0.15) is 0 Å². The van der Waals surface area contributed by atoms with E-state index in [4.69, 9.17) is 4.74 Å². The van der Waals surface area contributed by atoms with Crippen molar-refractivity contribution in [2.24, 2.45) is 0 Å². The fraction of sp³-hybridized carbons (Fsp3) is 0.879. The number of carbonyl (C=O) groups is 2. The number of ether oxygens (including phenoxy) is 1. The van der Waals surface area contributed by atoms with Gasteiger partial charge in [0.2, 0.25) is 5.91 Å². The maximum atomic E-state index is 12.4. The standard InChI is InChI=1S/C66H125NO5/c1-3-5-7-9-11-13-15-16-37-40-44-48-52-56-60-66(71)72-61-57-53-49-45-41-38-35-33-31-29-27-25-23-21-19-17-18-20-22-24-26-28-30-32-34-36-39-43-47-51-55-59-65(70)67-63(62-68)64(69)58-54-50-46-42-14-12-10-8-6-4-2/h19,21,25,27,54,58,63-64,68-69H,3-18,20,22-24,26,28-53,55-57,59-62H2,1-2H3,(H,67,70)/b21-19-,27-25-,58-54+. The van der Waals surface area contributed by atoms with E-state index in [0.717, 1.165) is 44.9 Å². The largest absolute Gasteiger partial charge is 0.466 e. The monoisotopic (exact) mass is 1010 g/mol. The summed E-state index contributed by atoms with van der Waals surface area (Å²) >= 11 is 0. The maximum absolute atomic E-state index is 12.4. The van der Waals surface area contributed by atoms with Crippen molar-refractivity contribution >= 4 is 11.9 Å². The second kappa shape index (κ2) is 61.6. The number of amides is 1. The second-order valence-electron chi connectivity index (χ2n) is 22.1. The van der Waals surface area contributed by atoms with Gasteiger partial charge in [0.15, 0.2) is 0 Å². The number of hydrogen-bond donors (Lipinski definition) is 3. The van der Waals surface area contributed by atoms with Crippen molar-refractivity contribution in [1.82, 2.24) is 5.32 Å². The zero-order valence-electron chi connectivity index (χ0n) is 48.4. The van der Waals surface area contributed by atoms with Crippen LogP contribution in [0.1, 0.15) is 348 Å². The summed E-state index contributed by atoms with van der Waals surface area (Å²) in [5.74, 6) is -0.0534. The third-order valence-corrected chi connectivity index (χ3v) is 14.9. The van der Waals surface area contributed by atoms with Crippen LogP contribution in [0.5, 0.6) is 0 Å². The molecule has 0 rings (SSSR count). The SMILES string of the molecule is CCCCCCCCCC/C=C/C(O)C(CO)NC(=O)CCCCCCCCCCCCCCCCC/C=C\C/C=C\CCCCCCCCCCCOC(=O)CCCCCCCCCCCCCCCC. The van der Waals surface area contributed by atoms with Crippen LogP contribution in [0, 0.1) is 0 Å². The van der Waals surface area contributed by atoms with Gasteiger partial charge in [0, 0.05) is 12.8 Å². The van der Waals surface area contributed by atoms with E-state index < -0.39 is 12.1 Å². The van der Waals surface area contributed by atoms with Crippen molar-refractivity contribution in [1.29, 1.82) is 0 Å². The normalized spacial score (nSPS) is 12.8. The summed E-state index contributed by atoms with van der Waals surface area (Å²) < 4.78 is 5.48. The molecule has 0 aliphatic heterocycles. The van der Waals surface area contributed by atoms with E-state index >= 15 is 0 Å². The van der Waals surface area contributed by atoms with Crippen molar-refractivity contribution in [2.75, 3.05) is 13.2 Å². The molecule has 0 aliphatic carbocycles. The first-order valence-electron chi connectivity index (χ1n) is 32.3. The van der Waals surface area contributed by atoms with Gasteiger partial charge in [-0.25, -0.2) is 0 Å². The summed E-state index contributed by atoms with van der Waals surface area (Å²) in [7, 11) is 0. The van der Waals surface area contributed by atoms with Crippen LogP contribution in [0.4, 0.5) is 0 Å². The molecule has 0 saturated carbocycles. The Morgan fingerprint density at radius 3 is 1.06 bits per heavy atom. The molecule has 6 nitrogen and oxygen atoms in total. The van der Waals surface area contributed by atoms with E-state index in [0.29, 0.717) is 19.4 Å². The van der Waals surface area contributed by atoms with Crippen molar-refractivity contribution < 1.29 is 24.5 Å². The van der Waals surface area contributed by atoms with E-state index in [1.165, 1.54) is 276 Å². The molecule has 0 radical (unpaired) electrons. The van der Waals surface area contributed by atoms with E-state index in [9.17, 15) is 19.8 Å². The Morgan fingerprint density at radius 2 is 0.694 bits per heavy atom. The first kappa shape index (κ1) is 70.1. The Hall–Kier alpha value is -1.92. The summed E-state index contributed by atoms with van der Waals surface area (Å²) in [5, 5.41) is 23.0. The molecule has 0 aromatic carbocycles. The summed E-state index contributed by atoms with van der Waals surface area (Å²) in [6.07, 6.45) is 77.8. The Labute approximate surface area is 449 Å². The van der Waals surface area contributed by atoms with Crippen LogP contribution in [0.25, 0.3) is 0 Å². The predicted octanol–water partition coefficient (Wildman–Crippen LogP) is 20.4. The summed E-state index contributed by atoms with van der Waals surface area (Å²) in [6.45, 7) is 4.90. The molecule has 424 valence electrons. The van der Waals surface area contributed by atoms with Crippen molar-refractivity contribution in [3.05, 3.63) is 36.5 Å². The average Bonchev–Trinajstić information content (AvgIpc) is 3.38. The molecule has 1 amide bonds. The second-order valence-corrected chi connectivity index (χ2v) is 22.1. The Kier molecular flexibility index (Phi) is 60.0. The molecule has 0 saturated heterocycles. The van der Waals surface area contributed by atoms with Crippen molar-refractivity contribution in [2.45, 2.75) is 360 Å². The third-order valence-electron chi connectivity index (χ3n) is 14.9. The molecule has 2 unspecified atom stereocenters. The molecule has 0 aromatic rings. The van der Waals surface area contributed by atoms with Crippen molar-refractivity contribution in [3.8, 4) is 0 Å². The van der Waals surface area contributed by atoms with Gasteiger partial charge in [-0.2, -0.15) is 0 Å². The minimum absolute atomic E-state index is 0.0151. The van der Waals surface area contributed by atoms with Gasteiger partial charge >= 0.3 is 5.97 Å². The van der Waals surface area contributed by atoms with E-state index in [1.807, 2.05) is 6.08 Å². The smallest absolute Gasteiger partial charge is 0.305 e. The molecule has 0 aromatic heterocycles. The lowest BCUT2D eigenvalue weighted by molar-refractivity contribution is -0.143. The molecule has 0 fully saturated rings. The zero-order chi connectivity index (χ0) is 52.2. The number of aliphatic hydroxyl groups excluding tert-OH is 2. The highest BCUT2D eigenvalue weighted by Crippen LogP contribution is 2.17. The van der Waals surface area contributed by atoms with Crippen molar-refractivity contribution in [3.63, 3.8) is 0 Å². The van der Waals surface area contributed by atoms with Crippen LogP contribution in [-0.4, -0.2) is 47.4 Å². The quantitative estimate of drug-likeness (QED) is 0.0320. The third kappa shape index (κ3) is 57.4. The predicted molar refractivity (Wildman–Crippen MR) is 315 cm³/mol. The number of hydrogen-bond acceptors (Lipinski definition) is 5. The molecule has 0 heterocycles. The Morgan fingerprint density at radius 1 is 0.389 bits per heavy atom. The lowest BCUT2D eigenvalue weighted by Gasteiger charge is -2.20. The van der Waals surface area contributed by atoms with Crippen LogP contribution in [0.15, 0.2) is 36.5 Å². The average molecular weight is 1010 g/mol.